The number of rotatable bonds is 5. The van der Waals surface area contributed by atoms with Gasteiger partial charge in [0.2, 0.25) is 11.8 Å². The Bertz CT molecular complexity index is 1200. The first kappa shape index (κ1) is 20.6. The monoisotopic (exact) mass is 449 g/mol. The first-order valence-corrected chi connectivity index (χ1v) is 11.6. The number of fused-ring (bicyclic) bond motifs is 3. The standard InChI is InChI=1S/C24H23N3O4S/c1-2-31-19-10-6-4-8-17(19)23-22-16(15-7-3-5-9-18(15)25-22)11-12-26(23)20(28)13-27-21(29)14-32-24(27)30/h3-10,23,25H,2,11-14H2,1H3/t23-/m1/s1. The number of amides is 3. The van der Waals surface area contributed by atoms with Crippen molar-refractivity contribution in [1.29, 1.82) is 0 Å². The molecule has 1 fully saturated rings. The molecular weight excluding hydrogens is 426 g/mol. The lowest BCUT2D eigenvalue weighted by Crippen LogP contribution is -2.46. The van der Waals surface area contributed by atoms with Crippen LogP contribution < -0.4 is 4.74 Å². The van der Waals surface area contributed by atoms with Crippen LogP contribution in [0, 0.1) is 0 Å². The second-order valence-electron chi connectivity index (χ2n) is 7.81. The summed E-state index contributed by atoms with van der Waals surface area (Å²) in [5.74, 6) is 0.237. The number of nitrogens with zero attached hydrogens (tertiary/aromatic N) is 2. The lowest BCUT2D eigenvalue weighted by atomic mass is 9.91. The van der Waals surface area contributed by atoms with Crippen molar-refractivity contribution >= 4 is 39.7 Å². The van der Waals surface area contributed by atoms with E-state index in [4.69, 9.17) is 4.74 Å². The predicted octanol–water partition coefficient (Wildman–Crippen LogP) is 3.74. The molecule has 1 atom stereocenters. The van der Waals surface area contributed by atoms with Crippen molar-refractivity contribution < 1.29 is 19.1 Å². The van der Waals surface area contributed by atoms with E-state index in [-0.39, 0.29) is 29.4 Å². The van der Waals surface area contributed by atoms with Crippen LogP contribution in [0.2, 0.25) is 0 Å². The number of ether oxygens (including phenoxy) is 1. The fourth-order valence-electron chi connectivity index (χ4n) is 4.59. The Labute approximate surface area is 189 Å². The molecule has 0 unspecified atom stereocenters. The SMILES string of the molecule is CCOc1ccccc1[C@@H]1c2[nH]c3ccccc3c2CCN1C(=O)CN1C(=O)CSC1=O. The van der Waals surface area contributed by atoms with Crippen molar-refractivity contribution in [3.8, 4) is 5.75 Å². The van der Waals surface area contributed by atoms with E-state index in [1.807, 2.05) is 49.4 Å². The number of nitrogens with one attached hydrogen (secondary N) is 1. The summed E-state index contributed by atoms with van der Waals surface area (Å²) in [6.45, 7) is 2.68. The average Bonchev–Trinajstić information content (AvgIpc) is 3.34. The molecule has 32 heavy (non-hydrogen) atoms. The molecule has 0 saturated carbocycles. The van der Waals surface area contributed by atoms with Gasteiger partial charge in [-0.3, -0.25) is 19.3 Å². The maximum absolute atomic E-state index is 13.4. The Morgan fingerprint density at radius 3 is 2.72 bits per heavy atom. The van der Waals surface area contributed by atoms with E-state index in [1.165, 1.54) is 5.56 Å². The predicted molar refractivity (Wildman–Crippen MR) is 123 cm³/mol. The fourth-order valence-corrected chi connectivity index (χ4v) is 5.31. The molecule has 2 aliphatic rings. The molecule has 7 nitrogen and oxygen atoms in total. The van der Waals surface area contributed by atoms with E-state index in [1.54, 1.807) is 4.90 Å². The van der Waals surface area contributed by atoms with Gasteiger partial charge in [-0.1, -0.05) is 48.2 Å². The van der Waals surface area contributed by atoms with Crippen LogP contribution in [-0.2, 0) is 16.0 Å². The molecule has 0 bridgehead atoms. The molecule has 3 aromatic rings. The van der Waals surface area contributed by atoms with Gasteiger partial charge in [-0.05, 0) is 31.0 Å². The summed E-state index contributed by atoms with van der Waals surface area (Å²) >= 11 is 0.940. The number of hydrogen-bond acceptors (Lipinski definition) is 5. The molecule has 2 aromatic carbocycles. The highest BCUT2D eigenvalue weighted by Gasteiger charge is 2.39. The number of aromatic nitrogens is 1. The minimum absolute atomic E-state index is 0.0921. The molecule has 0 aliphatic carbocycles. The number of benzene rings is 2. The molecule has 3 amide bonds. The van der Waals surface area contributed by atoms with E-state index in [2.05, 4.69) is 11.1 Å². The second kappa shape index (κ2) is 8.35. The Kier molecular flexibility index (Phi) is 5.38. The van der Waals surface area contributed by atoms with Crippen LogP contribution in [0.15, 0.2) is 48.5 Å². The smallest absolute Gasteiger partial charge is 0.289 e. The topological polar surface area (TPSA) is 82.7 Å². The molecule has 5 rings (SSSR count). The maximum atomic E-state index is 13.4. The van der Waals surface area contributed by atoms with Crippen LogP contribution in [0.25, 0.3) is 10.9 Å². The zero-order chi connectivity index (χ0) is 22.2. The van der Waals surface area contributed by atoms with Crippen LogP contribution in [0.1, 0.15) is 29.8 Å². The molecule has 164 valence electrons. The molecule has 1 saturated heterocycles. The molecule has 0 spiro atoms. The summed E-state index contributed by atoms with van der Waals surface area (Å²) in [5.41, 5.74) is 4.03. The number of hydrogen-bond donors (Lipinski definition) is 1. The Morgan fingerprint density at radius 1 is 1.16 bits per heavy atom. The molecular formula is C24H23N3O4S. The normalized spacial score (nSPS) is 18.3. The Balaban J connectivity index is 1.60. The van der Waals surface area contributed by atoms with Crippen LogP contribution in [0.3, 0.4) is 0 Å². The second-order valence-corrected chi connectivity index (χ2v) is 8.73. The van der Waals surface area contributed by atoms with Gasteiger partial charge < -0.3 is 14.6 Å². The lowest BCUT2D eigenvalue weighted by molar-refractivity contribution is -0.138. The highest BCUT2D eigenvalue weighted by Crippen LogP contribution is 2.41. The van der Waals surface area contributed by atoms with Gasteiger partial charge in [0.25, 0.3) is 5.24 Å². The molecule has 8 heteroatoms. The first-order chi connectivity index (χ1) is 15.6. The maximum Gasteiger partial charge on any atom is 0.289 e. The molecule has 0 radical (unpaired) electrons. The van der Waals surface area contributed by atoms with Gasteiger partial charge in [0.05, 0.1) is 12.4 Å². The van der Waals surface area contributed by atoms with E-state index in [9.17, 15) is 14.4 Å². The Hall–Kier alpha value is -3.26. The largest absolute Gasteiger partial charge is 0.494 e. The van der Waals surface area contributed by atoms with Gasteiger partial charge in [0.15, 0.2) is 0 Å². The summed E-state index contributed by atoms with van der Waals surface area (Å²) in [5, 5.41) is 0.785. The summed E-state index contributed by atoms with van der Waals surface area (Å²) in [4.78, 5) is 44.0. The molecule has 3 heterocycles. The van der Waals surface area contributed by atoms with Gasteiger partial charge in [-0.15, -0.1) is 0 Å². The van der Waals surface area contributed by atoms with E-state index < -0.39 is 6.04 Å². The van der Waals surface area contributed by atoms with Gasteiger partial charge in [-0.2, -0.15) is 0 Å². The van der Waals surface area contributed by atoms with Crippen molar-refractivity contribution in [2.75, 3.05) is 25.4 Å². The van der Waals surface area contributed by atoms with Gasteiger partial charge in [0, 0.05) is 28.7 Å². The third kappa shape index (κ3) is 3.44. The van der Waals surface area contributed by atoms with Crippen LogP contribution >= 0.6 is 11.8 Å². The minimum atomic E-state index is -0.401. The zero-order valence-corrected chi connectivity index (χ0v) is 18.5. The fraction of sp³-hybridized carbons (Fsp3) is 0.292. The summed E-state index contributed by atoms with van der Waals surface area (Å²) in [6, 6.07) is 15.4. The number of carbonyl (C=O) groups is 3. The molecule has 1 N–H and O–H groups in total. The number of carbonyl (C=O) groups excluding carboxylic acids is 3. The van der Waals surface area contributed by atoms with Gasteiger partial charge >= 0.3 is 0 Å². The zero-order valence-electron chi connectivity index (χ0n) is 17.7. The van der Waals surface area contributed by atoms with Gasteiger partial charge in [0.1, 0.15) is 18.3 Å². The van der Waals surface area contributed by atoms with E-state index in [0.29, 0.717) is 25.3 Å². The van der Waals surface area contributed by atoms with Crippen molar-refractivity contribution in [2.45, 2.75) is 19.4 Å². The van der Waals surface area contributed by atoms with Crippen LogP contribution in [-0.4, -0.2) is 57.3 Å². The third-order valence-corrected chi connectivity index (χ3v) is 6.86. The minimum Gasteiger partial charge on any atom is -0.494 e. The summed E-state index contributed by atoms with van der Waals surface area (Å²) in [7, 11) is 0. The van der Waals surface area contributed by atoms with Crippen molar-refractivity contribution in [3.05, 3.63) is 65.4 Å². The number of aromatic amines is 1. The molecule has 1 aromatic heterocycles. The quantitative estimate of drug-likeness (QED) is 0.642. The van der Waals surface area contributed by atoms with E-state index in [0.717, 1.165) is 38.8 Å². The number of imide groups is 1. The lowest BCUT2D eigenvalue weighted by Gasteiger charge is -2.37. The highest BCUT2D eigenvalue weighted by atomic mass is 32.2. The van der Waals surface area contributed by atoms with E-state index >= 15 is 0 Å². The van der Waals surface area contributed by atoms with Gasteiger partial charge in [-0.25, -0.2) is 0 Å². The number of thioether (sulfide) groups is 1. The summed E-state index contributed by atoms with van der Waals surface area (Å²) in [6.07, 6.45) is 0.690. The van der Waals surface area contributed by atoms with Crippen molar-refractivity contribution in [2.24, 2.45) is 0 Å². The van der Waals surface area contributed by atoms with Crippen LogP contribution in [0.4, 0.5) is 4.79 Å². The third-order valence-electron chi connectivity index (χ3n) is 6.00. The van der Waals surface area contributed by atoms with Crippen LogP contribution in [0.5, 0.6) is 5.75 Å². The number of para-hydroxylation sites is 2. The highest BCUT2D eigenvalue weighted by molar-refractivity contribution is 8.14. The van der Waals surface area contributed by atoms with Crippen molar-refractivity contribution in [1.82, 2.24) is 14.8 Å². The Morgan fingerprint density at radius 2 is 1.94 bits per heavy atom. The summed E-state index contributed by atoms with van der Waals surface area (Å²) < 4.78 is 5.90. The first-order valence-electron chi connectivity index (χ1n) is 10.7. The molecule has 2 aliphatic heterocycles. The average molecular weight is 450 g/mol. The van der Waals surface area contributed by atoms with Crippen molar-refractivity contribution in [3.63, 3.8) is 0 Å². The number of H-pyrrole nitrogens is 1.